The smallest absolute Gasteiger partial charge is 0.475 e. The summed E-state index contributed by atoms with van der Waals surface area (Å²) in [4.78, 5) is 45.9. The lowest BCUT2D eigenvalue weighted by Crippen LogP contribution is -2.56. The summed E-state index contributed by atoms with van der Waals surface area (Å²) in [6.45, 7) is 11.3. The van der Waals surface area contributed by atoms with Gasteiger partial charge < -0.3 is 33.6 Å². The Hall–Kier alpha value is -5.99. The van der Waals surface area contributed by atoms with Gasteiger partial charge in [-0.05, 0) is 115 Å². The van der Waals surface area contributed by atoms with Gasteiger partial charge in [0.25, 0.3) is 0 Å². The Kier molecular flexibility index (Phi) is 12.3. The SMILES string of the molecule is CC1(C)Oc2ccc(C#N)cc2C(N2CCCC2=O)C1OCCOP(=O)(OC1C(N2CCCC2=O)c2cc(C#N)ccc2OC1(C)C)OC1C(N2CCCC2=O)c2cc(C#N)ccc2OC1(C)C. The topological polar surface area (TPSA) is 214 Å². The van der Waals surface area contributed by atoms with Crippen LogP contribution in [-0.4, -0.2) is 100 Å². The van der Waals surface area contributed by atoms with Gasteiger partial charge in [-0.15, -0.1) is 0 Å². The number of carbonyl (C=O) groups is 3. The number of phosphoric ester groups is 1. The van der Waals surface area contributed by atoms with Gasteiger partial charge in [-0.3, -0.25) is 28.0 Å². The molecule has 6 atom stereocenters. The molecular formula is C50H55N6O11P. The Morgan fingerprint density at radius 3 is 1.22 bits per heavy atom. The first kappa shape index (κ1) is 47.1. The van der Waals surface area contributed by atoms with Crippen molar-refractivity contribution in [1.82, 2.24) is 14.7 Å². The van der Waals surface area contributed by atoms with Crippen LogP contribution in [0.3, 0.4) is 0 Å². The molecule has 0 aliphatic carbocycles. The van der Waals surface area contributed by atoms with Gasteiger partial charge in [-0.1, -0.05) is 0 Å². The van der Waals surface area contributed by atoms with Crippen LogP contribution in [0.25, 0.3) is 0 Å². The molecule has 6 aliphatic heterocycles. The quantitative estimate of drug-likeness (QED) is 0.127. The molecule has 6 aliphatic rings. The number of nitriles is 3. The highest BCUT2D eigenvalue weighted by atomic mass is 31.2. The Bertz CT molecular complexity index is 2600. The number of amides is 3. The molecule has 3 aromatic rings. The highest BCUT2D eigenvalue weighted by Gasteiger charge is 2.57. The van der Waals surface area contributed by atoms with Crippen molar-refractivity contribution in [1.29, 1.82) is 15.8 Å². The van der Waals surface area contributed by atoms with Crippen LogP contribution >= 0.6 is 7.82 Å². The summed E-state index contributed by atoms with van der Waals surface area (Å²) in [7, 11) is -4.96. The number of likely N-dealkylation sites (tertiary alicyclic amines) is 3. The standard InChI is InChI=1S/C50H55N6O11P/c1-48(2)45(42(54-19-7-10-39(54)57)33-24-30(27-51)13-16-36(33)63-48)61-22-23-62-68(60,66-46-43(55-20-8-11-40(55)58)34-25-31(28-52)14-17-37(34)64-49(46,3)4)67-47-44(56-21-9-12-41(56)59)35-26-32(29-53)15-18-38(35)65-50(47,5)6/h13-18,24-26,42-47H,7-12,19-23H2,1-6H3. The Balaban J connectivity index is 1.10. The molecular weight excluding hydrogens is 892 g/mol. The molecule has 17 nitrogen and oxygen atoms in total. The largest absolute Gasteiger partial charge is 0.485 e. The molecule has 356 valence electrons. The van der Waals surface area contributed by atoms with Gasteiger partial charge in [0.1, 0.15) is 52.4 Å². The van der Waals surface area contributed by atoms with Crippen LogP contribution < -0.4 is 14.2 Å². The van der Waals surface area contributed by atoms with E-state index in [1.165, 1.54) is 0 Å². The molecule has 68 heavy (non-hydrogen) atoms. The third-order valence-corrected chi connectivity index (χ3v) is 15.3. The maximum atomic E-state index is 16.2. The monoisotopic (exact) mass is 946 g/mol. The maximum absolute atomic E-state index is 16.2. The molecule has 0 spiro atoms. The van der Waals surface area contributed by atoms with E-state index in [1.807, 2.05) is 13.8 Å². The van der Waals surface area contributed by atoms with E-state index in [4.69, 9.17) is 32.5 Å². The average Bonchev–Trinajstić information content (AvgIpc) is 4.05. The Morgan fingerprint density at radius 1 is 0.559 bits per heavy atom. The summed E-state index contributed by atoms with van der Waals surface area (Å²) in [6.07, 6.45) is -0.551. The third kappa shape index (κ3) is 8.59. The normalized spacial score (nSPS) is 27.3. The second-order valence-corrected chi connectivity index (χ2v) is 21.3. The fourth-order valence-electron chi connectivity index (χ4n) is 10.7. The van der Waals surface area contributed by atoms with Crippen LogP contribution in [-0.2, 0) is 37.3 Å². The number of hydrogen-bond donors (Lipinski definition) is 0. The predicted molar refractivity (Wildman–Crippen MR) is 242 cm³/mol. The first-order valence-corrected chi connectivity index (χ1v) is 24.6. The summed E-state index contributed by atoms with van der Waals surface area (Å²) in [5.74, 6) is 0.997. The second-order valence-electron chi connectivity index (χ2n) is 19.7. The fraction of sp³-hybridized carbons (Fsp3) is 0.520. The summed E-state index contributed by atoms with van der Waals surface area (Å²) >= 11 is 0. The second kappa shape index (κ2) is 17.8. The zero-order chi connectivity index (χ0) is 48.3. The summed E-state index contributed by atoms with van der Waals surface area (Å²) in [6, 6.07) is 19.1. The van der Waals surface area contributed by atoms with E-state index >= 15 is 4.57 Å². The molecule has 0 radical (unpaired) electrons. The van der Waals surface area contributed by atoms with E-state index in [2.05, 4.69) is 18.2 Å². The summed E-state index contributed by atoms with van der Waals surface area (Å²) in [5.41, 5.74) is -0.954. The number of ether oxygens (including phenoxy) is 4. The zero-order valence-corrected chi connectivity index (χ0v) is 40.0. The highest BCUT2D eigenvalue weighted by molar-refractivity contribution is 7.48. The van der Waals surface area contributed by atoms with Crippen molar-refractivity contribution in [3.8, 4) is 35.5 Å². The molecule has 0 aromatic heterocycles. The molecule has 3 aromatic carbocycles. The first-order valence-electron chi connectivity index (χ1n) is 23.2. The maximum Gasteiger partial charge on any atom is 0.475 e. The van der Waals surface area contributed by atoms with Crippen molar-refractivity contribution in [3.63, 3.8) is 0 Å². The minimum Gasteiger partial charge on any atom is -0.485 e. The third-order valence-electron chi connectivity index (χ3n) is 13.9. The first-order chi connectivity index (χ1) is 32.4. The number of nitrogens with zero attached hydrogens (tertiary/aromatic N) is 6. The van der Waals surface area contributed by atoms with Crippen LogP contribution in [0.5, 0.6) is 17.2 Å². The van der Waals surface area contributed by atoms with E-state index in [0.717, 1.165) is 0 Å². The van der Waals surface area contributed by atoms with Gasteiger partial charge in [0.15, 0.2) is 0 Å². The van der Waals surface area contributed by atoms with Crippen LogP contribution in [0, 0.1) is 34.0 Å². The summed E-state index contributed by atoms with van der Waals surface area (Å²) in [5, 5.41) is 29.8. The van der Waals surface area contributed by atoms with Gasteiger partial charge in [-0.2, -0.15) is 15.8 Å². The molecule has 3 fully saturated rings. The summed E-state index contributed by atoms with van der Waals surface area (Å²) < 4.78 is 62.5. The molecule has 18 heteroatoms. The number of fused-ring (bicyclic) bond motifs is 3. The Labute approximate surface area is 395 Å². The molecule has 9 rings (SSSR count). The van der Waals surface area contributed by atoms with Gasteiger partial charge in [0.2, 0.25) is 17.7 Å². The van der Waals surface area contributed by atoms with Crippen molar-refractivity contribution in [3.05, 3.63) is 88.0 Å². The Morgan fingerprint density at radius 2 is 0.897 bits per heavy atom. The number of benzene rings is 3. The van der Waals surface area contributed by atoms with E-state index in [9.17, 15) is 30.2 Å². The van der Waals surface area contributed by atoms with Crippen LogP contribution in [0.1, 0.15) is 132 Å². The fourth-order valence-corrected chi connectivity index (χ4v) is 12.5. The van der Waals surface area contributed by atoms with Crippen molar-refractivity contribution in [2.45, 2.75) is 133 Å². The molecule has 3 saturated heterocycles. The van der Waals surface area contributed by atoms with E-state index < -0.39 is 61.1 Å². The van der Waals surface area contributed by atoms with Gasteiger partial charge >= 0.3 is 7.82 Å². The molecule has 6 heterocycles. The van der Waals surface area contributed by atoms with Crippen LogP contribution in [0.15, 0.2) is 54.6 Å². The van der Waals surface area contributed by atoms with Crippen molar-refractivity contribution < 1.29 is 51.5 Å². The number of phosphoric acid groups is 1. The van der Waals surface area contributed by atoms with Crippen molar-refractivity contribution in [2.24, 2.45) is 0 Å². The highest BCUT2D eigenvalue weighted by Crippen LogP contribution is 2.61. The lowest BCUT2D eigenvalue weighted by atomic mass is 9.84. The lowest BCUT2D eigenvalue weighted by Gasteiger charge is -2.50. The van der Waals surface area contributed by atoms with Crippen molar-refractivity contribution in [2.75, 3.05) is 32.8 Å². The minimum absolute atomic E-state index is 0.0594. The predicted octanol–water partition coefficient (Wildman–Crippen LogP) is 7.49. The van der Waals surface area contributed by atoms with E-state index in [-0.39, 0.29) is 43.8 Å². The number of carbonyl (C=O) groups excluding carboxylic acids is 3. The van der Waals surface area contributed by atoms with Crippen LogP contribution in [0.4, 0.5) is 0 Å². The minimum atomic E-state index is -4.96. The van der Waals surface area contributed by atoms with Crippen molar-refractivity contribution >= 4 is 25.5 Å². The van der Waals surface area contributed by atoms with Gasteiger partial charge in [0, 0.05) is 55.6 Å². The molecule has 0 saturated carbocycles. The molecule has 0 bridgehead atoms. The van der Waals surface area contributed by atoms with Gasteiger partial charge in [-0.25, -0.2) is 4.57 Å². The van der Waals surface area contributed by atoms with Gasteiger partial charge in [0.05, 0.1) is 66.2 Å². The number of hydrogen-bond acceptors (Lipinski definition) is 14. The molecule has 0 N–H and O–H groups in total. The van der Waals surface area contributed by atoms with Crippen LogP contribution in [0.2, 0.25) is 0 Å². The average molecular weight is 947 g/mol. The number of rotatable bonds is 12. The molecule has 3 amide bonds. The lowest BCUT2D eigenvalue weighted by molar-refractivity contribution is -0.153. The van der Waals surface area contributed by atoms with E-state index in [1.54, 1.807) is 97.0 Å². The zero-order valence-electron chi connectivity index (χ0n) is 39.1. The van der Waals surface area contributed by atoms with E-state index in [0.29, 0.717) is 95.9 Å². The molecule has 6 unspecified atom stereocenters.